The molecule has 1 saturated heterocycles. The predicted molar refractivity (Wildman–Crippen MR) is 88.2 cm³/mol. The van der Waals surface area contributed by atoms with E-state index in [0.717, 1.165) is 0 Å². The first-order chi connectivity index (χ1) is 11.5. The molecule has 3 rings (SSSR count). The predicted octanol–water partition coefficient (Wildman–Crippen LogP) is 0.515. The normalized spacial score (nSPS) is 21.5. The summed E-state index contributed by atoms with van der Waals surface area (Å²) in [4.78, 5) is 26.4. The van der Waals surface area contributed by atoms with Crippen LogP contribution in [0.2, 0.25) is 0 Å². The molecule has 0 saturated carbocycles. The number of carbonyl (C=O) groups excluding carboxylic acids is 1. The van der Waals surface area contributed by atoms with E-state index in [2.05, 4.69) is 5.10 Å². The van der Waals surface area contributed by atoms with E-state index in [-0.39, 0.29) is 23.8 Å². The summed E-state index contributed by atoms with van der Waals surface area (Å²) in [5.74, 6) is -0.274. The zero-order valence-electron chi connectivity index (χ0n) is 13.3. The van der Waals surface area contributed by atoms with Crippen LogP contribution in [0.4, 0.5) is 0 Å². The first kappa shape index (κ1) is 16.5. The Kier molecular flexibility index (Phi) is 4.55. The molecule has 2 aromatic rings. The van der Waals surface area contributed by atoms with Crippen molar-refractivity contribution in [2.45, 2.75) is 24.9 Å². The smallest absolute Gasteiger partial charge is 0.271 e. The fourth-order valence-corrected chi connectivity index (χ4v) is 2.98. The van der Waals surface area contributed by atoms with Crippen LogP contribution in [-0.2, 0) is 0 Å². The minimum absolute atomic E-state index is 0.221. The number of aromatic amines is 1. The van der Waals surface area contributed by atoms with Gasteiger partial charge in [0.2, 0.25) is 0 Å². The van der Waals surface area contributed by atoms with Gasteiger partial charge in [-0.15, -0.1) is 0 Å². The van der Waals surface area contributed by atoms with Crippen LogP contribution in [0, 0.1) is 0 Å². The summed E-state index contributed by atoms with van der Waals surface area (Å²) < 4.78 is 1.33. The zero-order chi connectivity index (χ0) is 17.2. The number of benzene rings is 1. The fraction of sp³-hybridized carbons (Fsp3) is 0.412. The molecule has 1 amide bonds. The third-order valence-corrected chi connectivity index (χ3v) is 4.46. The third kappa shape index (κ3) is 3.27. The topological polar surface area (TPSA) is 98.6 Å². The van der Waals surface area contributed by atoms with Crippen LogP contribution in [0.15, 0.2) is 41.2 Å². The Balaban J connectivity index is 1.80. The number of carbonyl (C=O) groups is 1. The molecule has 1 fully saturated rings. The number of aliphatic hydroxyl groups is 2. The molecule has 1 aliphatic rings. The summed E-state index contributed by atoms with van der Waals surface area (Å²) in [6.45, 7) is 0.518. The van der Waals surface area contributed by atoms with E-state index in [1.165, 1.54) is 10.7 Å². The molecule has 7 heteroatoms. The molecular formula is C17H21N3O4. The number of para-hydroxylation sites is 1. The number of aromatic nitrogens is 2. The summed E-state index contributed by atoms with van der Waals surface area (Å²) >= 11 is 0. The van der Waals surface area contributed by atoms with Gasteiger partial charge in [0.1, 0.15) is 5.69 Å². The van der Waals surface area contributed by atoms with Gasteiger partial charge in [-0.25, -0.2) is 4.68 Å². The summed E-state index contributed by atoms with van der Waals surface area (Å²) in [6, 6.07) is 10.3. The monoisotopic (exact) mass is 331 g/mol. The van der Waals surface area contributed by atoms with Crippen LogP contribution in [0.25, 0.3) is 5.69 Å². The van der Waals surface area contributed by atoms with E-state index < -0.39 is 5.60 Å². The van der Waals surface area contributed by atoms with Crippen molar-refractivity contribution >= 4 is 5.91 Å². The van der Waals surface area contributed by atoms with Crippen LogP contribution in [0.3, 0.4) is 0 Å². The molecular weight excluding hydrogens is 310 g/mol. The van der Waals surface area contributed by atoms with Crippen molar-refractivity contribution in [2.24, 2.45) is 0 Å². The molecule has 24 heavy (non-hydrogen) atoms. The number of likely N-dealkylation sites (tertiary alicyclic amines) is 1. The minimum Gasteiger partial charge on any atom is -0.393 e. The third-order valence-electron chi connectivity index (χ3n) is 4.46. The van der Waals surface area contributed by atoms with E-state index in [1.807, 2.05) is 18.2 Å². The highest BCUT2D eigenvalue weighted by molar-refractivity contribution is 5.92. The highest BCUT2D eigenvalue weighted by Crippen LogP contribution is 2.22. The van der Waals surface area contributed by atoms with Gasteiger partial charge in [-0.2, -0.15) is 0 Å². The molecule has 0 radical (unpaired) electrons. The number of nitrogens with zero attached hydrogens (tertiary/aromatic N) is 2. The molecule has 3 N–H and O–H groups in total. The molecule has 128 valence electrons. The number of nitrogens with one attached hydrogen (secondary N) is 1. The average Bonchev–Trinajstić information content (AvgIpc) is 2.88. The molecule has 7 nitrogen and oxygen atoms in total. The van der Waals surface area contributed by atoms with Crippen LogP contribution in [-0.4, -0.2) is 56.1 Å². The Morgan fingerprint density at radius 1 is 1.21 bits per heavy atom. The van der Waals surface area contributed by atoms with Gasteiger partial charge >= 0.3 is 0 Å². The van der Waals surface area contributed by atoms with Crippen molar-refractivity contribution in [2.75, 3.05) is 19.7 Å². The molecule has 1 atom stereocenters. The first-order valence-corrected chi connectivity index (χ1v) is 8.02. The van der Waals surface area contributed by atoms with E-state index in [0.29, 0.717) is 38.0 Å². The van der Waals surface area contributed by atoms with Gasteiger partial charge in [-0.3, -0.25) is 14.7 Å². The maximum absolute atomic E-state index is 12.6. The van der Waals surface area contributed by atoms with Gasteiger partial charge in [-0.05, 0) is 31.4 Å². The van der Waals surface area contributed by atoms with E-state index >= 15 is 0 Å². The summed E-state index contributed by atoms with van der Waals surface area (Å²) in [5.41, 5.74) is -0.546. The van der Waals surface area contributed by atoms with Crippen LogP contribution in [0.1, 0.15) is 29.8 Å². The van der Waals surface area contributed by atoms with Gasteiger partial charge in [0.15, 0.2) is 0 Å². The quantitative estimate of drug-likeness (QED) is 0.763. The molecule has 1 aromatic carbocycles. The van der Waals surface area contributed by atoms with Gasteiger partial charge < -0.3 is 15.1 Å². The highest BCUT2D eigenvalue weighted by atomic mass is 16.3. The number of amides is 1. The molecule has 2 heterocycles. The Bertz CT molecular complexity index is 768. The second-order valence-corrected chi connectivity index (χ2v) is 6.21. The molecule has 0 unspecified atom stereocenters. The molecule has 1 aromatic heterocycles. The lowest BCUT2D eigenvalue weighted by molar-refractivity contribution is -0.0250. The SMILES string of the molecule is O=C(c1cc(=O)n(-c2ccccc2)[nH]1)N1CCC[C@@](O)(CO)CC1. The number of H-pyrrole nitrogens is 1. The van der Waals surface area contributed by atoms with Gasteiger partial charge in [0, 0.05) is 19.2 Å². The van der Waals surface area contributed by atoms with Crippen LogP contribution < -0.4 is 5.56 Å². The van der Waals surface area contributed by atoms with E-state index in [9.17, 15) is 19.8 Å². The summed E-state index contributed by atoms with van der Waals surface area (Å²) in [5, 5.41) is 22.3. The van der Waals surface area contributed by atoms with Crippen molar-refractivity contribution < 1.29 is 15.0 Å². The average molecular weight is 331 g/mol. The number of hydrogen-bond donors (Lipinski definition) is 3. The lowest BCUT2D eigenvalue weighted by atomic mass is 9.96. The minimum atomic E-state index is -1.13. The summed E-state index contributed by atoms with van der Waals surface area (Å²) in [7, 11) is 0. The largest absolute Gasteiger partial charge is 0.393 e. The van der Waals surface area contributed by atoms with Gasteiger partial charge in [0.25, 0.3) is 11.5 Å². The molecule has 0 aliphatic carbocycles. The Hall–Kier alpha value is -2.38. The van der Waals surface area contributed by atoms with Crippen molar-refractivity contribution in [3.8, 4) is 5.69 Å². The first-order valence-electron chi connectivity index (χ1n) is 8.02. The zero-order valence-corrected chi connectivity index (χ0v) is 13.3. The van der Waals surface area contributed by atoms with Crippen molar-refractivity contribution in [1.82, 2.24) is 14.7 Å². The Labute approximate surface area is 139 Å². The molecule has 0 spiro atoms. The molecule has 1 aliphatic heterocycles. The summed E-state index contributed by atoms with van der Waals surface area (Å²) in [6.07, 6.45) is 1.38. The molecule has 0 bridgehead atoms. The van der Waals surface area contributed by atoms with Crippen molar-refractivity contribution in [3.05, 3.63) is 52.4 Å². The van der Waals surface area contributed by atoms with Crippen LogP contribution in [0.5, 0.6) is 0 Å². The maximum atomic E-state index is 12.6. The van der Waals surface area contributed by atoms with Gasteiger partial charge in [-0.1, -0.05) is 18.2 Å². The standard InChI is InChI=1S/C17H21N3O4/c21-12-17(24)7-4-9-19(10-8-17)16(23)14-11-15(22)20(18-14)13-5-2-1-3-6-13/h1-3,5-6,11,18,21,24H,4,7-10,12H2/t17-/m0/s1. The van der Waals surface area contributed by atoms with Gasteiger partial charge in [0.05, 0.1) is 17.9 Å². The fourth-order valence-electron chi connectivity index (χ4n) is 2.98. The van der Waals surface area contributed by atoms with Crippen LogP contribution >= 0.6 is 0 Å². The van der Waals surface area contributed by atoms with Crippen molar-refractivity contribution in [3.63, 3.8) is 0 Å². The number of rotatable bonds is 3. The Morgan fingerprint density at radius 2 is 1.96 bits per heavy atom. The second-order valence-electron chi connectivity index (χ2n) is 6.21. The number of hydrogen-bond acceptors (Lipinski definition) is 4. The Morgan fingerprint density at radius 3 is 2.67 bits per heavy atom. The van der Waals surface area contributed by atoms with E-state index in [4.69, 9.17) is 0 Å². The van der Waals surface area contributed by atoms with Crippen molar-refractivity contribution in [1.29, 1.82) is 0 Å². The highest BCUT2D eigenvalue weighted by Gasteiger charge is 2.31. The lowest BCUT2D eigenvalue weighted by Crippen LogP contribution is -2.36. The second kappa shape index (κ2) is 6.62. The maximum Gasteiger partial charge on any atom is 0.271 e. The number of aliphatic hydroxyl groups excluding tert-OH is 1. The van der Waals surface area contributed by atoms with E-state index in [1.54, 1.807) is 17.0 Å². The lowest BCUT2D eigenvalue weighted by Gasteiger charge is -2.24.